The maximum atomic E-state index is 4.69. The molecule has 0 saturated carbocycles. The Labute approximate surface area is 196 Å². The molecule has 0 aliphatic heterocycles. The lowest BCUT2D eigenvalue weighted by Gasteiger charge is -2.09. The smallest absolute Gasteiger partial charge is 0.0780 e. The van der Waals surface area contributed by atoms with Crippen LogP contribution >= 0.6 is 0 Å². The molecule has 162 valence electrons. The lowest BCUT2D eigenvalue weighted by molar-refractivity contribution is 0.678. The van der Waals surface area contributed by atoms with E-state index in [2.05, 4.69) is 109 Å². The summed E-state index contributed by atoms with van der Waals surface area (Å²) in [6, 6.07) is 39.2. The van der Waals surface area contributed by atoms with Gasteiger partial charge >= 0.3 is 0 Å². The Morgan fingerprint density at radius 2 is 1.18 bits per heavy atom. The van der Waals surface area contributed by atoms with Crippen molar-refractivity contribution in [2.45, 2.75) is 32.1 Å². The van der Waals surface area contributed by atoms with Crippen LogP contribution in [0.2, 0.25) is 0 Å². The Morgan fingerprint density at radius 1 is 0.485 bits per heavy atom. The highest BCUT2D eigenvalue weighted by Gasteiger charge is 2.07. The fourth-order valence-electron chi connectivity index (χ4n) is 4.54. The first-order chi connectivity index (χ1) is 16.4. The van der Waals surface area contributed by atoms with Crippen molar-refractivity contribution in [2.75, 3.05) is 0 Å². The van der Waals surface area contributed by atoms with E-state index in [1.165, 1.54) is 58.7 Å². The molecule has 5 aromatic rings. The average Bonchev–Trinajstić information content (AvgIpc) is 2.89. The first kappa shape index (κ1) is 21.2. The summed E-state index contributed by atoms with van der Waals surface area (Å²) in [5, 5.41) is 2.42. The van der Waals surface area contributed by atoms with Crippen LogP contribution in [0.25, 0.3) is 33.2 Å². The van der Waals surface area contributed by atoms with Crippen molar-refractivity contribution in [1.82, 2.24) is 4.98 Å². The van der Waals surface area contributed by atoms with E-state index in [4.69, 9.17) is 4.98 Å². The molecule has 5 rings (SSSR count). The summed E-state index contributed by atoms with van der Waals surface area (Å²) in [5.74, 6) is 0. The second-order valence-corrected chi connectivity index (χ2v) is 8.70. The van der Waals surface area contributed by atoms with Crippen LogP contribution in [-0.2, 0) is 12.8 Å². The minimum absolute atomic E-state index is 1.04. The Balaban J connectivity index is 1.23. The number of pyridine rings is 1. The molecular formula is C32H29N. The minimum atomic E-state index is 1.04. The molecule has 0 amide bonds. The number of benzene rings is 4. The average molecular weight is 428 g/mol. The first-order valence-corrected chi connectivity index (χ1v) is 11.9. The van der Waals surface area contributed by atoms with Gasteiger partial charge in [-0.3, -0.25) is 4.98 Å². The van der Waals surface area contributed by atoms with Gasteiger partial charge in [0, 0.05) is 17.1 Å². The summed E-state index contributed by atoms with van der Waals surface area (Å²) >= 11 is 0. The normalized spacial score (nSPS) is 11.0. The zero-order chi connectivity index (χ0) is 22.3. The maximum absolute atomic E-state index is 4.69. The molecule has 1 heterocycles. The van der Waals surface area contributed by atoms with Gasteiger partial charge in [-0.25, -0.2) is 0 Å². The second kappa shape index (κ2) is 10.3. The van der Waals surface area contributed by atoms with E-state index in [0.717, 1.165) is 17.7 Å². The summed E-state index contributed by atoms with van der Waals surface area (Å²) in [4.78, 5) is 4.69. The Bertz CT molecular complexity index is 1310. The summed E-state index contributed by atoms with van der Waals surface area (Å²) in [6.07, 6.45) is 8.01. The van der Waals surface area contributed by atoms with Crippen molar-refractivity contribution in [2.24, 2.45) is 0 Å². The largest absolute Gasteiger partial charge is 0.256 e. The maximum Gasteiger partial charge on any atom is 0.0780 e. The Hall–Kier alpha value is -3.71. The van der Waals surface area contributed by atoms with Gasteiger partial charge in [0.15, 0.2) is 0 Å². The van der Waals surface area contributed by atoms with Crippen LogP contribution in [0.5, 0.6) is 0 Å². The fourth-order valence-corrected chi connectivity index (χ4v) is 4.54. The van der Waals surface area contributed by atoms with Crippen LogP contribution in [0.4, 0.5) is 0 Å². The zero-order valence-corrected chi connectivity index (χ0v) is 19.0. The van der Waals surface area contributed by atoms with Crippen molar-refractivity contribution in [1.29, 1.82) is 0 Å². The molecule has 0 bridgehead atoms. The van der Waals surface area contributed by atoms with E-state index in [0.29, 0.717) is 0 Å². The van der Waals surface area contributed by atoms with Gasteiger partial charge in [-0.15, -0.1) is 0 Å². The number of hydrogen-bond donors (Lipinski definition) is 0. The van der Waals surface area contributed by atoms with E-state index in [9.17, 15) is 0 Å². The molecule has 0 fully saturated rings. The molecule has 33 heavy (non-hydrogen) atoms. The molecule has 0 saturated heterocycles. The van der Waals surface area contributed by atoms with Gasteiger partial charge in [0.05, 0.1) is 5.69 Å². The lowest BCUT2D eigenvalue weighted by Crippen LogP contribution is -1.89. The second-order valence-electron chi connectivity index (χ2n) is 8.70. The van der Waals surface area contributed by atoms with Gasteiger partial charge in [-0.05, 0) is 65.5 Å². The monoisotopic (exact) mass is 427 g/mol. The minimum Gasteiger partial charge on any atom is -0.256 e. The number of fused-ring (bicyclic) bond motifs is 1. The predicted molar refractivity (Wildman–Crippen MR) is 140 cm³/mol. The molecule has 1 aromatic heterocycles. The summed E-state index contributed by atoms with van der Waals surface area (Å²) in [5.41, 5.74) is 7.56. The quantitative estimate of drug-likeness (QED) is 0.226. The predicted octanol–water partition coefficient (Wildman–Crippen LogP) is 8.52. The van der Waals surface area contributed by atoms with Crippen LogP contribution in [0.15, 0.2) is 115 Å². The third kappa shape index (κ3) is 5.21. The van der Waals surface area contributed by atoms with Crippen LogP contribution in [0.1, 0.15) is 30.4 Å². The third-order valence-corrected chi connectivity index (χ3v) is 6.37. The van der Waals surface area contributed by atoms with E-state index in [1.54, 1.807) is 0 Å². The van der Waals surface area contributed by atoms with Crippen molar-refractivity contribution in [3.8, 4) is 22.4 Å². The van der Waals surface area contributed by atoms with Gasteiger partial charge < -0.3 is 0 Å². The van der Waals surface area contributed by atoms with Gasteiger partial charge in [0.1, 0.15) is 0 Å². The zero-order valence-electron chi connectivity index (χ0n) is 19.0. The van der Waals surface area contributed by atoms with Crippen LogP contribution < -0.4 is 0 Å². The SMILES string of the molecule is c1ccc(CCCCCc2ccc(-c3cccc(-c4nccc5ccccc45)c3)cc2)cc1. The molecule has 0 atom stereocenters. The van der Waals surface area contributed by atoms with Crippen LogP contribution in [0, 0.1) is 0 Å². The number of aryl methyl sites for hydroxylation is 2. The topological polar surface area (TPSA) is 12.9 Å². The molecule has 4 aromatic carbocycles. The number of nitrogens with zero attached hydrogens (tertiary/aromatic N) is 1. The van der Waals surface area contributed by atoms with E-state index < -0.39 is 0 Å². The van der Waals surface area contributed by atoms with Crippen molar-refractivity contribution in [3.63, 3.8) is 0 Å². The van der Waals surface area contributed by atoms with E-state index >= 15 is 0 Å². The molecule has 0 N–H and O–H groups in total. The molecule has 0 radical (unpaired) electrons. The molecule has 0 spiro atoms. The molecule has 1 nitrogen and oxygen atoms in total. The highest BCUT2D eigenvalue weighted by molar-refractivity contribution is 5.95. The molecule has 0 aliphatic carbocycles. The van der Waals surface area contributed by atoms with Crippen LogP contribution in [-0.4, -0.2) is 4.98 Å². The Kier molecular flexibility index (Phi) is 6.58. The fraction of sp³-hybridized carbons (Fsp3) is 0.156. The van der Waals surface area contributed by atoms with Crippen molar-refractivity contribution in [3.05, 3.63) is 127 Å². The lowest BCUT2D eigenvalue weighted by atomic mass is 9.97. The van der Waals surface area contributed by atoms with Gasteiger partial charge in [-0.1, -0.05) is 103 Å². The van der Waals surface area contributed by atoms with Gasteiger partial charge in [0.2, 0.25) is 0 Å². The highest BCUT2D eigenvalue weighted by atomic mass is 14.7. The Morgan fingerprint density at radius 3 is 2.00 bits per heavy atom. The number of aromatic nitrogens is 1. The first-order valence-electron chi connectivity index (χ1n) is 11.9. The standard InChI is InChI=1S/C32H29N/c1-3-10-25(11-4-1)12-5-2-6-13-26-18-20-27(21-19-26)29-15-9-16-30(24-29)32-31-17-8-7-14-28(31)22-23-33-32/h1,3-4,7-11,14-24H,2,5-6,12-13H2. The third-order valence-electron chi connectivity index (χ3n) is 6.37. The van der Waals surface area contributed by atoms with E-state index in [1.807, 2.05) is 6.20 Å². The summed E-state index contributed by atoms with van der Waals surface area (Å²) in [6.45, 7) is 0. The number of hydrogen-bond acceptors (Lipinski definition) is 1. The van der Waals surface area contributed by atoms with Crippen molar-refractivity contribution < 1.29 is 0 Å². The summed E-state index contributed by atoms with van der Waals surface area (Å²) in [7, 11) is 0. The highest BCUT2D eigenvalue weighted by Crippen LogP contribution is 2.30. The van der Waals surface area contributed by atoms with Gasteiger partial charge in [0.25, 0.3) is 0 Å². The van der Waals surface area contributed by atoms with E-state index in [-0.39, 0.29) is 0 Å². The molecule has 1 heteroatoms. The van der Waals surface area contributed by atoms with Crippen LogP contribution in [0.3, 0.4) is 0 Å². The van der Waals surface area contributed by atoms with Crippen molar-refractivity contribution >= 4 is 10.8 Å². The number of unbranched alkanes of at least 4 members (excludes halogenated alkanes) is 2. The molecule has 0 unspecified atom stereocenters. The molecule has 0 aliphatic rings. The summed E-state index contributed by atoms with van der Waals surface area (Å²) < 4.78 is 0. The molecular weight excluding hydrogens is 398 g/mol. The number of rotatable bonds is 8. The van der Waals surface area contributed by atoms with Gasteiger partial charge in [-0.2, -0.15) is 0 Å².